The maximum atomic E-state index is 11.1. The Balaban J connectivity index is 1.41. The van der Waals surface area contributed by atoms with Gasteiger partial charge in [-0.25, -0.2) is 0 Å². The van der Waals surface area contributed by atoms with Crippen molar-refractivity contribution >= 4 is 5.91 Å². The van der Waals surface area contributed by atoms with Crippen LogP contribution in [-0.4, -0.2) is 18.6 Å². The Labute approximate surface area is 190 Å². The summed E-state index contributed by atoms with van der Waals surface area (Å²) in [4.78, 5) is 11.1. The van der Waals surface area contributed by atoms with Crippen molar-refractivity contribution in [2.75, 3.05) is 6.61 Å². The number of rotatable bonds is 8. The van der Waals surface area contributed by atoms with E-state index in [0.717, 1.165) is 42.4 Å². The maximum absolute atomic E-state index is 11.1. The molecule has 0 aliphatic heterocycles. The second-order valence-corrected chi connectivity index (χ2v) is 12.4. The molecule has 0 radical (unpaired) electrons. The molecule has 3 saturated carbocycles. The molecule has 0 bridgehead atoms. The molecule has 3 fully saturated rings. The zero-order valence-corrected chi connectivity index (χ0v) is 20.6. The fraction of sp³-hybridized carbons (Fsp3) is 0.893. The molecule has 31 heavy (non-hydrogen) atoms. The molecule has 7 unspecified atom stereocenters. The van der Waals surface area contributed by atoms with Crippen LogP contribution in [0.4, 0.5) is 0 Å². The number of ether oxygens (including phenoxy) is 1. The van der Waals surface area contributed by atoms with Gasteiger partial charge in [0, 0.05) is 0 Å². The summed E-state index contributed by atoms with van der Waals surface area (Å²) in [5.41, 5.74) is 7.87. The first-order valence-electron chi connectivity index (χ1n) is 13.3. The van der Waals surface area contributed by atoms with Crippen molar-refractivity contribution in [3.8, 4) is 0 Å². The van der Waals surface area contributed by atoms with E-state index in [1.54, 1.807) is 5.57 Å². The fourth-order valence-corrected chi connectivity index (χ4v) is 8.50. The number of fused-ring (bicyclic) bond motifs is 5. The van der Waals surface area contributed by atoms with Gasteiger partial charge in [0.05, 0.1) is 6.10 Å². The number of allylic oxidation sites excluding steroid dienone is 1. The van der Waals surface area contributed by atoms with Crippen LogP contribution in [-0.2, 0) is 9.53 Å². The van der Waals surface area contributed by atoms with Crippen molar-refractivity contribution in [3.63, 3.8) is 0 Å². The molecule has 4 rings (SSSR count). The highest BCUT2D eigenvalue weighted by Crippen LogP contribution is 2.66. The monoisotopic (exact) mass is 429 g/mol. The van der Waals surface area contributed by atoms with Gasteiger partial charge in [0.25, 0.3) is 0 Å². The predicted octanol–water partition coefficient (Wildman–Crippen LogP) is 6.65. The number of amides is 1. The highest BCUT2D eigenvalue weighted by atomic mass is 16.5. The summed E-state index contributed by atoms with van der Waals surface area (Å²) >= 11 is 0. The lowest BCUT2D eigenvalue weighted by Gasteiger charge is -2.58. The summed E-state index contributed by atoms with van der Waals surface area (Å²) in [7, 11) is 0. The molecule has 3 heteroatoms. The molecule has 1 amide bonds. The first-order valence-corrected chi connectivity index (χ1v) is 13.3. The first kappa shape index (κ1) is 23.3. The van der Waals surface area contributed by atoms with E-state index in [0.29, 0.717) is 10.8 Å². The van der Waals surface area contributed by atoms with E-state index in [2.05, 4.69) is 33.8 Å². The van der Waals surface area contributed by atoms with Crippen molar-refractivity contribution in [2.45, 2.75) is 111 Å². The van der Waals surface area contributed by atoms with Crippen LogP contribution < -0.4 is 5.73 Å². The van der Waals surface area contributed by atoms with Crippen molar-refractivity contribution in [3.05, 3.63) is 11.6 Å². The quantitative estimate of drug-likeness (QED) is 0.347. The largest absolute Gasteiger partial charge is 0.368 e. The molecule has 2 N–H and O–H groups in total. The topological polar surface area (TPSA) is 52.3 Å². The molecule has 0 aromatic heterocycles. The standard InChI is InChI=1S/C28H47NO2/c1-19(2)7-5-6-8-20-10-12-24-23-11-9-21-17-22(31-18-26(29)30)13-15-28(21,4)25(23)14-16-27(20,24)3/h9,19-20,22-25H,5-8,10-18H2,1-4H3,(H2,29,30). The molecule has 0 spiro atoms. The van der Waals surface area contributed by atoms with Crippen molar-refractivity contribution < 1.29 is 9.53 Å². The van der Waals surface area contributed by atoms with Crippen LogP contribution >= 0.6 is 0 Å². The SMILES string of the molecule is CC(C)CCCCC1CCC2C3CC=C4CC(OCC(N)=O)CCC4(C)C3CCC12C. The molecule has 0 aromatic rings. The van der Waals surface area contributed by atoms with E-state index >= 15 is 0 Å². The van der Waals surface area contributed by atoms with E-state index in [9.17, 15) is 4.79 Å². The zero-order chi connectivity index (χ0) is 22.2. The second kappa shape index (κ2) is 9.20. The number of hydrogen-bond donors (Lipinski definition) is 1. The van der Waals surface area contributed by atoms with Crippen molar-refractivity contribution in [1.29, 1.82) is 0 Å². The molecule has 0 heterocycles. The van der Waals surface area contributed by atoms with Crippen LogP contribution in [0.1, 0.15) is 105 Å². The molecule has 0 saturated heterocycles. The highest BCUT2D eigenvalue weighted by molar-refractivity contribution is 5.75. The Bertz CT molecular complexity index is 684. The molecule has 7 atom stereocenters. The summed E-state index contributed by atoms with van der Waals surface area (Å²) in [6, 6.07) is 0. The first-order chi connectivity index (χ1) is 14.7. The van der Waals surface area contributed by atoms with E-state index in [-0.39, 0.29) is 18.6 Å². The third-order valence-corrected chi connectivity index (χ3v) is 10.3. The maximum Gasteiger partial charge on any atom is 0.243 e. The number of hydrogen-bond acceptors (Lipinski definition) is 2. The Kier molecular flexibility index (Phi) is 6.92. The lowest BCUT2D eigenvalue weighted by Crippen LogP contribution is -2.50. The minimum atomic E-state index is -0.349. The number of primary amides is 1. The van der Waals surface area contributed by atoms with Gasteiger partial charge in [-0.1, -0.05) is 58.6 Å². The van der Waals surface area contributed by atoms with E-state index in [1.165, 1.54) is 64.2 Å². The Morgan fingerprint density at radius 1 is 1.13 bits per heavy atom. The third-order valence-electron chi connectivity index (χ3n) is 10.3. The van der Waals surface area contributed by atoms with Gasteiger partial charge in [0.15, 0.2) is 0 Å². The lowest BCUT2D eigenvalue weighted by atomic mass is 9.47. The smallest absolute Gasteiger partial charge is 0.243 e. The fourth-order valence-electron chi connectivity index (χ4n) is 8.50. The summed E-state index contributed by atoms with van der Waals surface area (Å²) in [5.74, 6) is 4.13. The normalized spacial score (nSPS) is 42.0. The average molecular weight is 430 g/mol. The van der Waals surface area contributed by atoms with Gasteiger partial charge >= 0.3 is 0 Å². The van der Waals surface area contributed by atoms with Gasteiger partial charge in [-0.05, 0) is 98.2 Å². The van der Waals surface area contributed by atoms with E-state index < -0.39 is 0 Å². The van der Waals surface area contributed by atoms with Crippen LogP contribution in [0.15, 0.2) is 11.6 Å². The highest BCUT2D eigenvalue weighted by Gasteiger charge is 2.58. The Morgan fingerprint density at radius 3 is 2.68 bits per heavy atom. The van der Waals surface area contributed by atoms with Crippen LogP contribution in [0, 0.1) is 40.4 Å². The summed E-state index contributed by atoms with van der Waals surface area (Å²) in [6.07, 6.45) is 18.9. The predicted molar refractivity (Wildman–Crippen MR) is 127 cm³/mol. The lowest BCUT2D eigenvalue weighted by molar-refractivity contribution is -0.125. The van der Waals surface area contributed by atoms with Gasteiger partial charge < -0.3 is 10.5 Å². The minimum Gasteiger partial charge on any atom is -0.368 e. The molecule has 0 aromatic carbocycles. The van der Waals surface area contributed by atoms with Gasteiger partial charge in [0.2, 0.25) is 5.91 Å². The van der Waals surface area contributed by atoms with E-state index in [1.807, 2.05) is 0 Å². The van der Waals surface area contributed by atoms with Gasteiger partial charge in [-0.2, -0.15) is 0 Å². The summed E-state index contributed by atoms with van der Waals surface area (Å²) in [5, 5.41) is 0. The van der Waals surface area contributed by atoms with Gasteiger partial charge in [-0.3, -0.25) is 4.79 Å². The molecular weight excluding hydrogens is 382 g/mol. The number of carbonyl (C=O) groups excluding carboxylic acids is 1. The van der Waals surface area contributed by atoms with Crippen molar-refractivity contribution in [1.82, 2.24) is 0 Å². The Morgan fingerprint density at radius 2 is 1.94 bits per heavy atom. The van der Waals surface area contributed by atoms with Crippen LogP contribution in [0.25, 0.3) is 0 Å². The van der Waals surface area contributed by atoms with E-state index in [4.69, 9.17) is 10.5 Å². The molecule has 3 nitrogen and oxygen atoms in total. The minimum absolute atomic E-state index is 0.0691. The zero-order valence-electron chi connectivity index (χ0n) is 20.6. The summed E-state index contributed by atoms with van der Waals surface area (Å²) in [6.45, 7) is 10.0. The average Bonchev–Trinajstić information content (AvgIpc) is 3.05. The molecule has 176 valence electrons. The van der Waals surface area contributed by atoms with Crippen LogP contribution in [0.5, 0.6) is 0 Å². The van der Waals surface area contributed by atoms with Crippen molar-refractivity contribution in [2.24, 2.45) is 46.2 Å². The third kappa shape index (κ3) is 4.50. The van der Waals surface area contributed by atoms with Crippen LogP contribution in [0.3, 0.4) is 0 Å². The molecular formula is C28H47NO2. The number of carbonyl (C=O) groups is 1. The Hall–Kier alpha value is -0.830. The molecule has 4 aliphatic carbocycles. The van der Waals surface area contributed by atoms with Crippen LogP contribution in [0.2, 0.25) is 0 Å². The molecule has 4 aliphatic rings. The number of unbranched alkanes of at least 4 members (excludes halogenated alkanes) is 1. The second-order valence-electron chi connectivity index (χ2n) is 12.4. The van der Waals surface area contributed by atoms with Gasteiger partial charge in [0.1, 0.15) is 6.61 Å². The summed E-state index contributed by atoms with van der Waals surface area (Å²) < 4.78 is 5.82. The van der Waals surface area contributed by atoms with Gasteiger partial charge in [-0.15, -0.1) is 0 Å². The number of nitrogens with two attached hydrogens (primary N) is 1.